The predicted molar refractivity (Wildman–Crippen MR) is 131 cm³/mol. The van der Waals surface area contributed by atoms with Gasteiger partial charge in [-0.05, 0) is 65.5 Å². The van der Waals surface area contributed by atoms with Crippen molar-refractivity contribution in [3.63, 3.8) is 0 Å². The number of hydrogen-bond acceptors (Lipinski definition) is 5. The van der Waals surface area contributed by atoms with E-state index in [0.29, 0.717) is 5.56 Å². The van der Waals surface area contributed by atoms with Crippen LogP contribution in [0.3, 0.4) is 0 Å². The molecule has 2 unspecified atom stereocenters. The second-order valence-corrected chi connectivity index (χ2v) is 10.4. The van der Waals surface area contributed by atoms with Crippen molar-refractivity contribution in [2.45, 2.75) is 91.0 Å². The highest BCUT2D eigenvalue weighted by Gasteiger charge is 2.35. The van der Waals surface area contributed by atoms with Crippen LogP contribution in [0, 0.1) is 0 Å². The fourth-order valence-corrected chi connectivity index (χ4v) is 3.29. The van der Waals surface area contributed by atoms with Gasteiger partial charge >= 0.3 is 6.09 Å². The van der Waals surface area contributed by atoms with E-state index in [9.17, 15) is 19.2 Å². The Morgan fingerprint density at radius 1 is 1.03 bits per heavy atom. The summed E-state index contributed by atoms with van der Waals surface area (Å²) in [5.74, 6) is -1.51. The quantitative estimate of drug-likeness (QED) is 0.504. The highest BCUT2D eigenvalue weighted by molar-refractivity contribution is 5.92. The molecule has 0 fully saturated rings. The van der Waals surface area contributed by atoms with Crippen LogP contribution in [0.25, 0.3) is 0 Å². The number of ether oxygens (including phenoxy) is 1. The average molecular weight is 477 g/mol. The lowest BCUT2D eigenvalue weighted by molar-refractivity contribution is -0.141. The lowest BCUT2D eigenvalue weighted by Gasteiger charge is -2.33. The van der Waals surface area contributed by atoms with Crippen LogP contribution in [0.1, 0.15) is 78.5 Å². The van der Waals surface area contributed by atoms with Gasteiger partial charge in [0.15, 0.2) is 0 Å². The van der Waals surface area contributed by atoms with Crippen LogP contribution in [-0.2, 0) is 25.5 Å². The lowest BCUT2D eigenvalue weighted by Crippen LogP contribution is -2.53. The molecule has 0 aliphatic heterocycles. The molecule has 4 amide bonds. The molecular weight excluding hydrogens is 436 g/mol. The summed E-state index contributed by atoms with van der Waals surface area (Å²) >= 11 is 0. The maximum atomic E-state index is 13.5. The molecule has 9 nitrogen and oxygen atoms in total. The Balaban J connectivity index is 3.30. The molecule has 0 saturated heterocycles. The number of carbonyl (C=O) groups excluding carboxylic acids is 4. The van der Waals surface area contributed by atoms with Crippen LogP contribution in [0.5, 0.6) is 0 Å². The molecule has 0 heterocycles. The normalized spacial score (nSPS) is 13.4. The second kappa shape index (κ2) is 11.9. The summed E-state index contributed by atoms with van der Waals surface area (Å²) in [6.07, 6.45) is -0.112. The van der Waals surface area contributed by atoms with Gasteiger partial charge in [0.2, 0.25) is 17.7 Å². The second-order valence-electron chi connectivity index (χ2n) is 10.4. The number of hydrogen-bond donors (Lipinski definition) is 3. The Hall–Kier alpha value is -3.10. The van der Waals surface area contributed by atoms with Crippen LogP contribution < -0.4 is 16.4 Å². The maximum Gasteiger partial charge on any atom is 0.408 e. The minimum Gasteiger partial charge on any atom is -0.444 e. The average Bonchev–Trinajstić information content (AvgIpc) is 2.68. The monoisotopic (exact) mass is 476 g/mol. The number of aryl methyl sites for hydroxylation is 1. The van der Waals surface area contributed by atoms with Crippen molar-refractivity contribution in [2.24, 2.45) is 5.73 Å². The molecule has 0 radical (unpaired) electrons. The number of alkyl carbamates (subject to hydrolysis) is 1. The van der Waals surface area contributed by atoms with Gasteiger partial charge in [-0.1, -0.05) is 31.2 Å². The first-order valence-electron chi connectivity index (χ1n) is 11.5. The van der Waals surface area contributed by atoms with E-state index in [1.54, 1.807) is 20.8 Å². The molecule has 0 aromatic heterocycles. The number of nitrogens with one attached hydrogen (secondary N) is 2. The van der Waals surface area contributed by atoms with E-state index in [1.165, 1.54) is 11.9 Å². The lowest BCUT2D eigenvalue weighted by atomic mass is 9.99. The molecule has 1 aromatic carbocycles. The zero-order valence-electron chi connectivity index (χ0n) is 21.7. The smallest absolute Gasteiger partial charge is 0.408 e. The maximum absolute atomic E-state index is 13.5. The molecule has 2 atom stereocenters. The summed E-state index contributed by atoms with van der Waals surface area (Å²) in [6.45, 7) is 12.7. The zero-order chi connectivity index (χ0) is 26.3. The Morgan fingerprint density at radius 2 is 1.59 bits per heavy atom. The Labute approximate surface area is 202 Å². The van der Waals surface area contributed by atoms with E-state index in [2.05, 4.69) is 10.6 Å². The van der Waals surface area contributed by atoms with E-state index >= 15 is 0 Å². The van der Waals surface area contributed by atoms with Gasteiger partial charge in [-0.25, -0.2) is 4.79 Å². The number of likely N-dealkylation sites (N-methyl/N-ethyl adjacent to an activating group) is 1. The van der Waals surface area contributed by atoms with Crippen molar-refractivity contribution >= 4 is 23.8 Å². The van der Waals surface area contributed by atoms with E-state index in [0.717, 1.165) is 12.0 Å². The molecule has 0 aliphatic rings. The summed E-state index contributed by atoms with van der Waals surface area (Å²) in [4.78, 5) is 51.8. The molecule has 1 aromatic rings. The highest BCUT2D eigenvalue weighted by Crippen LogP contribution is 2.23. The van der Waals surface area contributed by atoms with Crippen molar-refractivity contribution in [1.82, 2.24) is 15.5 Å². The molecule has 34 heavy (non-hydrogen) atoms. The van der Waals surface area contributed by atoms with Gasteiger partial charge in [-0.3, -0.25) is 14.4 Å². The Morgan fingerprint density at radius 3 is 2.03 bits per heavy atom. The summed E-state index contributed by atoms with van der Waals surface area (Å²) < 4.78 is 5.27. The Bertz CT molecular complexity index is 869. The number of nitrogens with zero attached hydrogens (tertiary/aromatic N) is 1. The third-order valence-electron chi connectivity index (χ3n) is 4.85. The number of amides is 4. The van der Waals surface area contributed by atoms with Crippen molar-refractivity contribution in [1.29, 1.82) is 0 Å². The van der Waals surface area contributed by atoms with E-state index in [1.807, 2.05) is 52.0 Å². The van der Waals surface area contributed by atoms with E-state index in [-0.39, 0.29) is 18.7 Å². The third-order valence-corrected chi connectivity index (χ3v) is 4.85. The molecule has 190 valence electrons. The highest BCUT2D eigenvalue weighted by atomic mass is 16.6. The van der Waals surface area contributed by atoms with Crippen molar-refractivity contribution in [3.05, 3.63) is 35.4 Å². The third kappa shape index (κ3) is 9.80. The summed E-state index contributed by atoms with van der Waals surface area (Å²) in [5, 5.41) is 5.45. The molecule has 9 heteroatoms. The molecular formula is C25H40N4O5. The van der Waals surface area contributed by atoms with Crippen molar-refractivity contribution < 1.29 is 23.9 Å². The molecule has 1 rings (SSSR count). The van der Waals surface area contributed by atoms with Crippen molar-refractivity contribution in [3.8, 4) is 0 Å². The van der Waals surface area contributed by atoms with E-state index < -0.39 is 41.1 Å². The van der Waals surface area contributed by atoms with Gasteiger partial charge in [-0.15, -0.1) is 0 Å². The van der Waals surface area contributed by atoms with Crippen LogP contribution in [0.4, 0.5) is 4.79 Å². The first-order chi connectivity index (χ1) is 15.5. The predicted octanol–water partition coefficient (Wildman–Crippen LogP) is 2.82. The zero-order valence-corrected chi connectivity index (χ0v) is 21.7. The summed E-state index contributed by atoms with van der Waals surface area (Å²) in [5.41, 5.74) is 5.70. The number of benzene rings is 1. The SMILES string of the molecule is CCc1ccc(C(C(=O)NC(C)(C)C)N(C)C(=O)C(CCC(N)=O)NC(=O)OC(C)(C)C)cc1. The minimum atomic E-state index is -1.10. The van der Waals surface area contributed by atoms with Gasteiger partial charge < -0.3 is 26.0 Å². The van der Waals surface area contributed by atoms with Crippen molar-refractivity contribution in [2.75, 3.05) is 7.05 Å². The summed E-state index contributed by atoms with van der Waals surface area (Å²) in [6, 6.07) is 5.40. The van der Waals surface area contributed by atoms with Crippen LogP contribution in [0.15, 0.2) is 24.3 Å². The van der Waals surface area contributed by atoms with Crippen LogP contribution in [0.2, 0.25) is 0 Å². The number of carbonyl (C=O) groups is 4. The van der Waals surface area contributed by atoms with Gasteiger partial charge in [0.05, 0.1) is 0 Å². The molecule has 0 saturated carbocycles. The van der Waals surface area contributed by atoms with Gasteiger partial charge in [0, 0.05) is 19.0 Å². The molecule has 0 aliphatic carbocycles. The molecule has 0 bridgehead atoms. The standard InChI is InChI=1S/C25H40N4O5/c1-9-16-10-12-17(13-11-16)20(21(31)28-24(2,3)4)29(8)22(32)18(14-15-19(26)30)27-23(33)34-25(5,6)7/h10-13,18,20H,9,14-15H2,1-8H3,(H2,26,30)(H,27,33)(H,28,31). The first kappa shape index (κ1) is 28.9. The number of nitrogens with two attached hydrogens (primary N) is 1. The first-order valence-corrected chi connectivity index (χ1v) is 11.5. The largest absolute Gasteiger partial charge is 0.444 e. The fraction of sp³-hybridized carbons (Fsp3) is 0.600. The Kier molecular flexibility index (Phi) is 10.1. The molecule has 4 N–H and O–H groups in total. The van der Waals surface area contributed by atoms with Crippen LogP contribution in [-0.4, -0.2) is 52.9 Å². The molecule has 0 spiro atoms. The number of rotatable bonds is 9. The summed E-state index contributed by atoms with van der Waals surface area (Å²) in [7, 11) is 1.50. The van der Waals surface area contributed by atoms with Gasteiger partial charge in [0.1, 0.15) is 17.7 Å². The van der Waals surface area contributed by atoms with Gasteiger partial charge in [-0.2, -0.15) is 0 Å². The van der Waals surface area contributed by atoms with Gasteiger partial charge in [0.25, 0.3) is 0 Å². The van der Waals surface area contributed by atoms with Crippen LogP contribution >= 0.6 is 0 Å². The topological polar surface area (TPSA) is 131 Å². The minimum absolute atomic E-state index is 0.0276. The fourth-order valence-electron chi connectivity index (χ4n) is 3.29. The number of primary amides is 1. The van der Waals surface area contributed by atoms with E-state index in [4.69, 9.17) is 10.5 Å².